The van der Waals surface area contributed by atoms with E-state index >= 15 is 0 Å². The van der Waals surface area contributed by atoms with Crippen LogP contribution in [0.1, 0.15) is 12.0 Å². The van der Waals surface area contributed by atoms with Crippen LogP contribution in [-0.2, 0) is 26.2 Å². The smallest absolute Gasteiger partial charge is 0.406 e. The minimum atomic E-state index is -5.00. The molecule has 0 saturated carbocycles. The van der Waals surface area contributed by atoms with E-state index in [4.69, 9.17) is 5.73 Å². The molecule has 45 heavy (non-hydrogen) atoms. The largest absolute Gasteiger partial charge is 0.573 e. The fraction of sp³-hybridized carbons (Fsp3) is 0.286. The Bertz CT molecular complexity index is 1520. The van der Waals surface area contributed by atoms with Crippen molar-refractivity contribution in [1.29, 1.82) is 0 Å². The van der Waals surface area contributed by atoms with Gasteiger partial charge in [0.2, 0.25) is 21.8 Å². The van der Waals surface area contributed by atoms with Crippen LogP contribution in [0.4, 0.5) is 26.3 Å². The van der Waals surface area contributed by atoms with Gasteiger partial charge in [0.05, 0.1) is 11.3 Å². The average molecular weight is 663 g/mol. The van der Waals surface area contributed by atoms with E-state index in [1.807, 2.05) is 0 Å². The Kier molecular flexibility index (Phi) is 11.3. The standard InChI is InChI=1S/C28H28F6N4O6S/c1-2-3-19(12-13-35)16-25(39)37-14-15-38(45(41,42)23-10-8-22(9-11-23)44-28(32,33)34)24(18-37)26(40)36-17-20-4-6-21(7-5-20)43-27(29,30)31/h2-13,24H,1,14-18,35H2,(H,36,40)/b13-12-,19-3+/t24-/m1/s1. The van der Waals surface area contributed by atoms with Crippen molar-refractivity contribution < 1.29 is 53.8 Å². The SMILES string of the molecule is C=C/C=C(\C=C/N)CC(=O)N1CCN(S(=O)(=O)c2ccc(OC(F)(F)F)cc2)[C@@H](C(=O)NCc2ccc(OC(F)(F)F)cc2)C1. The number of allylic oxidation sites excluding steroid dienone is 3. The molecule has 3 N–H and O–H groups in total. The number of hydrogen-bond donors (Lipinski definition) is 2. The molecule has 3 rings (SSSR count). The van der Waals surface area contributed by atoms with E-state index in [1.165, 1.54) is 35.4 Å². The summed E-state index contributed by atoms with van der Waals surface area (Å²) in [7, 11) is -4.49. The predicted molar refractivity (Wildman–Crippen MR) is 149 cm³/mol. The van der Waals surface area contributed by atoms with Gasteiger partial charge in [-0.1, -0.05) is 30.9 Å². The van der Waals surface area contributed by atoms with E-state index in [0.717, 1.165) is 40.7 Å². The first-order valence-corrected chi connectivity index (χ1v) is 14.4. The van der Waals surface area contributed by atoms with E-state index in [9.17, 15) is 44.3 Å². The highest BCUT2D eigenvalue weighted by Crippen LogP contribution is 2.28. The number of benzene rings is 2. The van der Waals surface area contributed by atoms with Gasteiger partial charge in [-0.3, -0.25) is 9.59 Å². The highest BCUT2D eigenvalue weighted by Gasteiger charge is 2.41. The van der Waals surface area contributed by atoms with Crippen molar-refractivity contribution in [3.63, 3.8) is 0 Å². The van der Waals surface area contributed by atoms with E-state index in [2.05, 4.69) is 21.4 Å². The molecule has 1 aliphatic rings. The number of nitrogens with two attached hydrogens (primary N) is 1. The van der Waals surface area contributed by atoms with Crippen LogP contribution in [0.15, 0.2) is 90.0 Å². The second kappa shape index (κ2) is 14.5. The van der Waals surface area contributed by atoms with Gasteiger partial charge in [-0.05, 0) is 59.8 Å². The first-order chi connectivity index (χ1) is 21.0. The molecule has 0 spiro atoms. The molecule has 1 heterocycles. The molecule has 1 saturated heterocycles. The summed E-state index contributed by atoms with van der Waals surface area (Å²) in [6.07, 6.45) is -4.37. The van der Waals surface area contributed by atoms with Gasteiger partial charge in [-0.15, -0.1) is 26.3 Å². The maximum atomic E-state index is 13.6. The lowest BCUT2D eigenvalue weighted by Gasteiger charge is -2.39. The van der Waals surface area contributed by atoms with Crippen LogP contribution in [0.5, 0.6) is 11.5 Å². The third kappa shape index (κ3) is 10.3. The lowest BCUT2D eigenvalue weighted by atomic mass is 10.1. The number of piperazine rings is 1. The minimum absolute atomic E-state index is 0.120. The Hall–Kier alpha value is -4.51. The molecule has 0 unspecified atom stereocenters. The fourth-order valence-corrected chi connectivity index (χ4v) is 5.86. The third-order valence-corrected chi connectivity index (χ3v) is 8.19. The summed E-state index contributed by atoms with van der Waals surface area (Å²) in [5.41, 5.74) is 6.27. The normalized spacial score (nSPS) is 16.8. The second-order valence-corrected chi connectivity index (χ2v) is 11.3. The molecule has 0 aromatic heterocycles. The summed E-state index contributed by atoms with van der Waals surface area (Å²) in [4.78, 5) is 27.3. The number of nitrogens with zero attached hydrogens (tertiary/aromatic N) is 2. The number of sulfonamides is 1. The highest BCUT2D eigenvalue weighted by atomic mass is 32.2. The summed E-state index contributed by atoms with van der Waals surface area (Å²) in [6, 6.07) is 6.48. The zero-order valence-electron chi connectivity index (χ0n) is 23.3. The van der Waals surface area contributed by atoms with Crippen molar-refractivity contribution in [2.75, 3.05) is 19.6 Å². The van der Waals surface area contributed by atoms with E-state index in [1.54, 1.807) is 6.08 Å². The van der Waals surface area contributed by atoms with Gasteiger partial charge in [0.25, 0.3) is 0 Å². The van der Waals surface area contributed by atoms with Gasteiger partial charge in [-0.2, -0.15) is 4.31 Å². The van der Waals surface area contributed by atoms with Crippen LogP contribution in [0.2, 0.25) is 0 Å². The summed E-state index contributed by atoms with van der Waals surface area (Å²) in [5.74, 6) is -2.44. The number of ether oxygens (including phenoxy) is 2. The molecule has 1 atom stereocenters. The van der Waals surface area contributed by atoms with Crippen molar-refractivity contribution in [2.45, 2.75) is 36.6 Å². The number of carbonyl (C=O) groups is 2. The van der Waals surface area contributed by atoms with Crippen molar-refractivity contribution in [2.24, 2.45) is 5.73 Å². The number of rotatable bonds is 11. The van der Waals surface area contributed by atoms with E-state index < -0.39 is 57.0 Å². The Labute approximate surface area is 254 Å². The lowest BCUT2D eigenvalue weighted by molar-refractivity contribution is -0.275. The molecular formula is C28H28F6N4O6S. The van der Waals surface area contributed by atoms with E-state index in [0.29, 0.717) is 11.1 Å². The van der Waals surface area contributed by atoms with E-state index in [-0.39, 0.29) is 32.6 Å². The second-order valence-electron chi connectivity index (χ2n) is 9.41. The molecule has 2 amide bonds. The molecule has 1 fully saturated rings. The molecule has 0 bridgehead atoms. The number of halogens is 6. The topological polar surface area (TPSA) is 131 Å². The first-order valence-electron chi connectivity index (χ1n) is 13.0. The quantitative estimate of drug-likeness (QED) is 0.275. The van der Waals surface area contributed by atoms with Crippen LogP contribution in [0, 0.1) is 0 Å². The van der Waals surface area contributed by atoms with Gasteiger partial charge >= 0.3 is 12.7 Å². The maximum Gasteiger partial charge on any atom is 0.573 e. The Balaban J connectivity index is 1.84. The van der Waals surface area contributed by atoms with Gasteiger partial charge < -0.3 is 25.4 Å². The average Bonchev–Trinajstić information content (AvgIpc) is 2.95. The number of hydrogen-bond acceptors (Lipinski definition) is 7. The fourth-order valence-electron chi connectivity index (χ4n) is 4.29. The van der Waals surface area contributed by atoms with Crippen molar-refractivity contribution in [3.8, 4) is 11.5 Å². The van der Waals surface area contributed by atoms with Crippen LogP contribution in [0.3, 0.4) is 0 Å². The zero-order chi connectivity index (χ0) is 33.4. The van der Waals surface area contributed by atoms with Crippen molar-refractivity contribution in [3.05, 3.63) is 90.7 Å². The first kappa shape index (κ1) is 35.0. The van der Waals surface area contributed by atoms with Crippen LogP contribution >= 0.6 is 0 Å². The summed E-state index contributed by atoms with van der Waals surface area (Å²) in [5, 5.41) is 2.52. The van der Waals surface area contributed by atoms with Gasteiger partial charge in [0.1, 0.15) is 17.5 Å². The minimum Gasteiger partial charge on any atom is -0.406 e. The number of alkyl halides is 6. The molecular weight excluding hydrogens is 634 g/mol. The van der Waals surface area contributed by atoms with Gasteiger partial charge in [-0.25, -0.2) is 8.42 Å². The Morgan fingerprint density at radius 2 is 1.51 bits per heavy atom. The number of amides is 2. The van der Waals surface area contributed by atoms with Gasteiger partial charge in [0.15, 0.2) is 0 Å². The molecule has 17 heteroatoms. The summed E-state index contributed by atoms with van der Waals surface area (Å²) >= 11 is 0. The zero-order valence-corrected chi connectivity index (χ0v) is 24.2. The molecule has 10 nitrogen and oxygen atoms in total. The van der Waals surface area contributed by atoms with Crippen molar-refractivity contribution >= 4 is 21.8 Å². The lowest BCUT2D eigenvalue weighted by Crippen LogP contribution is -2.61. The van der Waals surface area contributed by atoms with Crippen LogP contribution in [-0.4, -0.2) is 67.8 Å². The van der Waals surface area contributed by atoms with Crippen LogP contribution in [0.25, 0.3) is 0 Å². The Morgan fingerprint density at radius 3 is 2.02 bits per heavy atom. The summed E-state index contributed by atoms with van der Waals surface area (Å²) < 4.78 is 111. The summed E-state index contributed by atoms with van der Waals surface area (Å²) in [6.45, 7) is 2.50. The molecule has 1 aliphatic heterocycles. The van der Waals surface area contributed by atoms with Crippen molar-refractivity contribution in [1.82, 2.24) is 14.5 Å². The molecule has 0 radical (unpaired) electrons. The molecule has 2 aromatic carbocycles. The number of carbonyl (C=O) groups excluding carboxylic acids is 2. The maximum absolute atomic E-state index is 13.6. The monoisotopic (exact) mass is 662 g/mol. The van der Waals surface area contributed by atoms with Gasteiger partial charge in [0, 0.05) is 26.2 Å². The molecule has 244 valence electrons. The highest BCUT2D eigenvalue weighted by molar-refractivity contribution is 7.89. The molecule has 0 aliphatic carbocycles. The molecule has 2 aromatic rings. The third-order valence-electron chi connectivity index (χ3n) is 6.27. The predicted octanol–water partition coefficient (Wildman–Crippen LogP) is 3.98. The van der Waals surface area contributed by atoms with Crippen LogP contribution < -0.4 is 20.5 Å². The number of nitrogens with one attached hydrogen (secondary N) is 1. The Morgan fingerprint density at radius 1 is 0.956 bits per heavy atom.